The quantitative estimate of drug-likeness (QED) is 0.363. The highest BCUT2D eigenvalue weighted by atomic mass is 35.5. The van der Waals surface area contributed by atoms with Crippen molar-refractivity contribution in [1.82, 2.24) is 9.88 Å². The molecule has 39 heavy (non-hydrogen) atoms. The summed E-state index contributed by atoms with van der Waals surface area (Å²) in [5, 5.41) is 10.3. The van der Waals surface area contributed by atoms with E-state index in [1.807, 2.05) is 0 Å². The van der Waals surface area contributed by atoms with Crippen molar-refractivity contribution >= 4 is 44.3 Å². The van der Waals surface area contributed by atoms with Crippen LogP contribution in [0.15, 0.2) is 36.4 Å². The molecular weight excluding hydrogens is 555 g/mol. The second kappa shape index (κ2) is 11.5. The molecule has 2 fully saturated rings. The number of aliphatic carboxylic acids is 1. The smallest absolute Gasteiger partial charge is 0.416 e. The lowest BCUT2D eigenvalue weighted by molar-refractivity contribution is -0.138. The van der Waals surface area contributed by atoms with Gasteiger partial charge in [-0.1, -0.05) is 29.0 Å². The molecule has 0 unspecified atom stereocenters. The molecule has 3 heterocycles. The van der Waals surface area contributed by atoms with E-state index in [0.717, 1.165) is 56.6 Å². The predicted molar refractivity (Wildman–Crippen MR) is 144 cm³/mol. The molecule has 5 rings (SSSR count). The van der Waals surface area contributed by atoms with E-state index in [2.05, 4.69) is 14.8 Å². The number of hydrogen-bond acceptors (Lipinski definition) is 7. The van der Waals surface area contributed by atoms with Gasteiger partial charge in [-0.15, -0.1) is 0 Å². The van der Waals surface area contributed by atoms with Gasteiger partial charge in [0.15, 0.2) is 5.13 Å². The molecule has 0 bridgehead atoms. The largest absolute Gasteiger partial charge is 0.492 e. The number of halogens is 4. The van der Waals surface area contributed by atoms with Gasteiger partial charge in [0, 0.05) is 31.7 Å². The Morgan fingerprint density at radius 1 is 1.13 bits per heavy atom. The van der Waals surface area contributed by atoms with Crippen molar-refractivity contribution in [3.05, 3.63) is 52.5 Å². The number of ether oxygens (including phenoxy) is 2. The fraction of sp³-hybridized carbons (Fsp3) is 0.481. The summed E-state index contributed by atoms with van der Waals surface area (Å²) in [6, 6.07) is 8.70. The van der Waals surface area contributed by atoms with Crippen molar-refractivity contribution in [2.75, 3.05) is 50.9 Å². The number of hydrogen-bond donors (Lipinski definition) is 1. The summed E-state index contributed by atoms with van der Waals surface area (Å²) in [5.41, 5.74) is 0.398. The molecule has 210 valence electrons. The van der Waals surface area contributed by atoms with Crippen molar-refractivity contribution < 1.29 is 32.5 Å². The zero-order valence-electron chi connectivity index (χ0n) is 21.2. The molecule has 2 aliphatic heterocycles. The van der Waals surface area contributed by atoms with Crippen LogP contribution in [0.4, 0.5) is 18.3 Å². The van der Waals surface area contributed by atoms with E-state index in [0.29, 0.717) is 46.4 Å². The van der Waals surface area contributed by atoms with Crippen LogP contribution in [0.5, 0.6) is 5.75 Å². The first-order valence-electron chi connectivity index (χ1n) is 12.8. The molecule has 2 saturated heterocycles. The number of carboxylic acid groups (broad SMARTS) is 1. The number of carbonyl (C=O) groups is 1. The summed E-state index contributed by atoms with van der Waals surface area (Å²) in [7, 11) is 0. The van der Waals surface area contributed by atoms with E-state index in [1.54, 1.807) is 18.2 Å². The summed E-state index contributed by atoms with van der Waals surface area (Å²) in [6.45, 7) is 4.81. The van der Waals surface area contributed by atoms with Gasteiger partial charge in [0.05, 0.1) is 47.0 Å². The lowest BCUT2D eigenvalue weighted by atomic mass is 9.82. The van der Waals surface area contributed by atoms with Crippen molar-refractivity contribution in [3.63, 3.8) is 0 Å². The molecule has 12 heteroatoms. The highest BCUT2D eigenvalue weighted by Gasteiger charge is 2.41. The number of fused-ring (bicyclic) bond motifs is 1. The summed E-state index contributed by atoms with van der Waals surface area (Å²) in [5.74, 6) is -0.451. The third-order valence-corrected chi connectivity index (χ3v) is 8.92. The van der Waals surface area contributed by atoms with Crippen LogP contribution in [0.1, 0.15) is 30.4 Å². The normalized spacial score (nSPS) is 18.4. The topological polar surface area (TPSA) is 75.1 Å². The second-order valence-corrected chi connectivity index (χ2v) is 11.3. The van der Waals surface area contributed by atoms with E-state index < -0.39 is 17.7 Å². The maximum absolute atomic E-state index is 13.2. The molecule has 0 spiro atoms. The number of morpholine rings is 1. The van der Waals surface area contributed by atoms with Crippen LogP contribution in [-0.2, 0) is 22.1 Å². The monoisotopic (exact) mass is 583 g/mol. The number of anilines is 1. The number of carboxylic acids is 1. The highest BCUT2D eigenvalue weighted by Crippen LogP contribution is 2.39. The van der Waals surface area contributed by atoms with E-state index in [9.17, 15) is 18.0 Å². The van der Waals surface area contributed by atoms with Crippen LogP contribution in [0.3, 0.4) is 0 Å². The molecule has 3 aromatic rings. The lowest BCUT2D eigenvalue weighted by Gasteiger charge is -2.50. The Balaban J connectivity index is 1.28. The summed E-state index contributed by atoms with van der Waals surface area (Å²) in [4.78, 5) is 20.3. The Labute approximate surface area is 233 Å². The van der Waals surface area contributed by atoms with E-state index in [1.165, 1.54) is 23.5 Å². The van der Waals surface area contributed by atoms with Crippen molar-refractivity contribution in [2.45, 2.75) is 37.4 Å². The molecular formula is C27H29ClF3N3O4S. The number of piperidine rings is 1. The van der Waals surface area contributed by atoms with Crippen LogP contribution in [0.2, 0.25) is 5.02 Å². The number of rotatable bonds is 8. The number of benzene rings is 2. The zero-order chi connectivity index (χ0) is 27.6. The average Bonchev–Trinajstić information content (AvgIpc) is 3.34. The minimum Gasteiger partial charge on any atom is -0.492 e. The van der Waals surface area contributed by atoms with Crippen LogP contribution in [0, 0.1) is 0 Å². The van der Waals surface area contributed by atoms with Gasteiger partial charge >= 0.3 is 12.1 Å². The van der Waals surface area contributed by atoms with Gasteiger partial charge in [-0.25, -0.2) is 4.98 Å². The number of nitrogens with zero attached hydrogens (tertiary/aromatic N) is 3. The van der Waals surface area contributed by atoms with Gasteiger partial charge < -0.3 is 19.5 Å². The Morgan fingerprint density at radius 2 is 1.87 bits per heavy atom. The molecule has 0 atom stereocenters. The van der Waals surface area contributed by atoms with Crippen LogP contribution in [0.25, 0.3) is 10.2 Å². The molecule has 0 aliphatic carbocycles. The van der Waals surface area contributed by atoms with Gasteiger partial charge in [-0.2, -0.15) is 13.2 Å². The minimum absolute atomic E-state index is 0.107. The Bertz CT molecular complexity index is 1320. The van der Waals surface area contributed by atoms with Gasteiger partial charge in [0.2, 0.25) is 0 Å². The molecule has 0 radical (unpaired) electrons. The fourth-order valence-corrected chi connectivity index (χ4v) is 6.62. The Kier molecular flexibility index (Phi) is 8.23. The standard InChI is InChI=1S/C27H29ClF3N3O4S/c28-20-3-1-18(16-24(35)36)15-22(20)38-12-7-26(34-10-13-37-14-11-34)5-8-33(9-6-26)25-32-21-4-2-19(27(29,30)31)17-23(21)39-25/h1-4,15,17H,5-14,16H2,(H,35,36). The van der Waals surface area contributed by atoms with Crippen molar-refractivity contribution in [1.29, 1.82) is 0 Å². The predicted octanol–water partition coefficient (Wildman–Crippen LogP) is 5.74. The number of aromatic nitrogens is 1. The van der Waals surface area contributed by atoms with E-state index in [4.69, 9.17) is 26.2 Å². The first-order chi connectivity index (χ1) is 18.6. The van der Waals surface area contributed by atoms with E-state index >= 15 is 0 Å². The molecule has 1 aromatic heterocycles. The fourth-order valence-electron chi connectivity index (χ4n) is 5.39. The molecule has 2 aromatic carbocycles. The number of alkyl halides is 3. The third kappa shape index (κ3) is 6.42. The second-order valence-electron chi connectivity index (χ2n) is 9.92. The van der Waals surface area contributed by atoms with Crippen molar-refractivity contribution in [2.24, 2.45) is 0 Å². The minimum atomic E-state index is -4.38. The van der Waals surface area contributed by atoms with Crippen LogP contribution in [-0.4, -0.2) is 72.5 Å². The maximum Gasteiger partial charge on any atom is 0.416 e. The van der Waals surface area contributed by atoms with Crippen LogP contribution >= 0.6 is 22.9 Å². The highest BCUT2D eigenvalue weighted by molar-refractivity contribution is 7.22. The summed E-state index contributed by atoms with van der Waals surface area (Å²) in [6.07, 6.45) is -2.07. The van der Waals surface area contributed by atoms with Gasteiger partial charge in [0.25, 0.3) is 0 Å². The maximum atomic E-state index is 13.2. The molecule has 2 aliphatic rings. The third-order valence-electron chi connectivity index (χ3n) is 7.53. The summed E-state index contributed by atoms with van der Waals surface area (Å²) < 4.78 is 51.7. The number of thiazole rings is 1. The van der Waals surface area contributed by atoms with Gasteiger partial charge in [-0.3, -0.25) is 9.69 Å². The molecule has 0 saturated carbocycles. The lowest BCUT2D eigenvalue weighted by Crippen LogP contribution is -2.59. The average molecular weight is 584 g/mol. The first kappa shape index (κ1) is 27.9. The van der Waals surface area contributed by atoms with Gasteiger partial charge in [-0.05, 0) is 55.2 Å². The molecule has 1 N–H and O–H groups in total. The SMILES string of the molecule is O=C(O)Cc1ccc(Cl)c(OCCC2(N3CCOCC3)CCN(c3nc4ccc(C(F)(F)F)cc4s3)CC2)c1. The Hall–Kier alpha value is -2.60. The van der Waals surface area contributed by atoms with Gasteiger partial charge in [0.1, 0.15) is 5.75 Å². The summed E-state index contributed by atoms with van der Waals surface area (Å²) >= 11 is 7.61. The molecule has 0 amide bonds. The van der Waals surface area contributed by atoms with Crippen LogP contribution < -0.4 is 9.64 Å². The zero-order valence-corrected chi connectivity index (χ0v) is 22.7. The Morgan fingerprint density at radius 3 is 2.56 bits per heavy atom. The van der Waals surface area contributed by atoms with Crippen molar-refractivity contribution in [3.8, 4) is 5.75 Å². The molecule has 7 nitrogen and oxygen atoms in total. The van der Waals surface area contributed by atoms with E-state index in [-0.39, 0.29) is 12.0 Å². The first-order valence-corrected chi connectivity index (χ1v) is 14.0.